The fraction of sp³-hybridized carbons (Fsp3) is 0.632. The summed E-state index contributed by atoms with van der Waals surface area (Å²) in [6.07, 6.45) is 8.15. The molecule has 0 aliphatic heterocycles. The average molecular weight is 334 g/mol. The van der Waals surface area contributed by atoms with Crippen molar-refractivity contribution in [3.63, 3.8) is 0 Å². The Kier molecular flexibility index (Phi) is 7.37. The summed E-state index contributed by atoms with van der Waals surface area (Å²) < 4.78 is 10.5. The molecule has 1 saturated carbocycles. The zero-order valence-corrected chi connectivity index (χ0v) is 15.1. The maximum absolute atomic E-state index is 12.3. The third-order valence-corrected chi connectivity index (χ3v) is 4.55. The molecule has 1 aliphatic rings. The van der Waals surface area contributed by atoms with Crippen LogP contribution in [0.1, 0.15) is 51.9 Å². The third-order valence-electron chi connectivity index (χ3n) is 4.55. The van der Waals surface area contributed by atoms with Crippen LogP contribution in [-0.2, 0) is 4.79 Å². The number of benzene rings is 1. The smallest absolute Gasteiger partial charge is 0.226 e. The predicted octanol–water partition coefficient (Wildman–Crippen LogP) is 3.73. The van der Waals surface area contributed by atoms with E-state index in [1.54, 1.807) is 26.4 Å². The van der Waals surface area contributed by atoms with Crippen LogP contribution in [0.3, 0.4) is 0 Å². The SMILES string of the molecule is COc1ccc(NC(=O)CC(C)NC2CCCCCC2)c(OC)c1. The van der Waals surface area contributed by atoms with Gasteiger partial charge in [0.05, 0.1) is 19.9 Å². The van der Waals surface area contributed by atoms with Gasteiger partial charge < -0.3 is 20.1 Å². The molecule has 0 heterocycles. The van der Waals surface area contributed by atoms with Crippen LogP contribution in [0.25, 0.3) is 0 Å². The fourth-order valence-electron chi connectivity index (χ4n) is 3.29. The molecule has 1 atom stereocenters. The van der Waals surface area contributed by atoms with Gasteiger partial charge in [-0.05, 0) is 31.9 Å². The first kappa shape index (κ1) is 18.6. The van der Waals surface area contributed by atoms with E-state index in [0.717, 1.165) is 0 Å². The lowest BCUT2D eigenvalue weighted by Crippen LogP contribution is -2.38. The summed E-state index contributed by atoms with van der Waals surface area (Å²) in [6, 6.07) is 6.09. The molecule has 5 nitrogen and oxygen atoms in total. The van der Waals surface area contributed by atoms with E-state index in [9.17, 15) is 4.79 Å². The van der Waals surface area contributed by atoms with Gasteiger partial charge in [-0.2, -0.15) is 0 Å². The molecule has 2 N–H and O–H groups in total. The fourth-order valence-corrected chi connectivity index (χ4v) is 3.29. The second kappa shape index (κ2) is 9.52. The van der Waals surface area contributed by atoms with Crippen LogP contribution in [0.15, 0.2) is 18.2 Å². The van der Waals surface area contributed by atoms with Crippen LogP contribution in [0.2, 0.25) is 0 Å². The molecule has 1 unspecified atom stereocenters. The summed E-state index contributed by atoms with van der Waals surface area (Å²) in [6.45, 7) is 2.08. The molecule has 134 valence electrons. The average Bonchev–Trinajstić information content (AvgIpc) is 2.83. The first-order valence-electron chi connectivity index (χ1n) is 8.90. The summed E-state index contributed by atoms with van der Waals surface area (Å²) in [5, 5.41) is 6.54. The monoisotopic (exact) mass is 334 g/mol. The standard InChI is InChI=1S/C19H30N2O3/c1-14(20-15-8-6-4-5-7-9-15)12-19(22)21-17-11-10-16(23-2)13-18(17)24-3/h10-11,13-15,20H,4-9,12H2,1-3H3,(H,21,22). The molecule has 0 bridgehead atoms. The van der Waals surface area contributed by atoms with Crippen LogP contribution >= 0.6 is 0 Å². The zero-order valence-electron chi connectivity index (χ0n) is 15.1. The van der Waals surface area contributed by atoms with Crippen LogP contribution in [-0.4, -0.2) is 32.2 Å². The molecule has 0 saturated heterocycles. The number of carbonyl (C=O) groups excluding carboxylic acids is 1. The molecule has 1 amide bonds. The Morgan fingerprint density at radius 3 is 2.50 bits per heavy atom. The van der Waals surface area contributed by atoms with Gasteiger partial charge in [0.25, 0.3) is 0 Å². The maximum Gasteiger partial charge on any atom is 0.226 e. The van der Waals surface area contributed by atoms with E-state index >= 15 is 0 Å². The van der Waals surface area contributed by atoms with Crippen LogP contribution < -0.4 is 20.1 Å². The van der Waals surface area contributed by atoms with E-state index in [4.69, 9.17) is 9.47 Å². The van der Waals surface area contributed by atoms with E-state index in [0.29, 0.717) is 29.6 Å². The van der Waals surface area contributed by atoms with Crippen molar-refractivity contribution in [1.82, 2.24) is 5.32 Å². The maximum atomic E-state index is 12.3. The van der Waals surface area contributed by atoms with Crippen molar-refractivity contribution < 1.29 is 14.3 Å². The van der Waals surface area contributed by atoms with Crippen molar-refractivity contribution in [1.29, 1.82) is 0 Å². The minimum Gasteiger partial charge on any atom is -0.497 e. The topological polar surface area (TPSA) is 59.6 Å². The Labute approximate surface area is 145 Å². The van der Waals surface area contributed by atoms with Crippen LogP contribution in [0.4, 0.5) is 5.69 Å². The molecule has 0 radical (unpaired) electrons. The lowest BCUT2D eigenvalue weighted by molar-refractivity contribution is -0.116. The van der Waals surface area contributed by atoms with Gasteiger partial charge in [-0.3, -0.25) is 4.79 Å². The van der Waals surface area contributed by atoms with Crippen molar-refractivity contribution in [3.05, 3.63) is 18.2 Å². The second-order valence-corrected chi connectivity index (χ2v) is 6.57. The highest BCUT2D eigenvalue weighted by molar-refractivity contribution is 5.92. The zero-order chi connectivity index (χ0) is 17.4. The largest absolute Gasteiger partial charge is 0.497 e. The molecular formula is C19H30N2O3. The summed E-state index contributed by atoms with van der Waals surface area (Å²) in [5.41, 5.74) is 0.671. The predicted molar refractivity (Wildman–Crippen MR) is 96.9 cm³/mol. The first-order chi connectivity index (χ1) is 11.6. The number of hydrogen-bond acceptors (Lipinski definition) is 4. The van der Waals surface area contributed by atoms with Crippen molar-refractivity contribution in [2.24, 2.45) is 0 Å². The van der Waals surface area contributed by atoms with Crippen molar-refractivity contribution >= 4 is 11.6 Å². The van der Waals surface area contributed by atoms with Gasteiger partial charge in [0, 0.05) is 24.6 Å². The van der Waals surface area contributed by atoms with E-state index < -0.39 is 0 Å². The van der Waals surface area contributed by atoms with Crippen molar-refractivity contribution in [3.8, 4) is 11.5 Å². The van der Waals surface area contributed by atoms with E-state index in [1.165, 1.54) is 38.5 Å². The molecular weight excluding hydrogens is 304 g/mol. The molecule has 1 aromatic rings. The Bertz CT molecular complexity index is 525. The highest BCUT2D eigenvalue weighted by Crippen LogP contribution is 2.29. The molecule has 1 aliphatic carbocycles. The quantitative estimate of drug-likeness (QED) is 0.746. The summed E-state index contributed by atoms with van der Waals surface area (Å²) >= 11 is 0. The normalized spacial score (nSPS) is 17.0. The number of nitrogens with one attached hydrogen (secondary N) is 2. The van der Waals surface area contributed by atoms with Crippen molar-refractivity contribution in [2.45, 2.75) is 64.0 Å². The van der Waals surface area contributed by atoms with Gasteiger partial charge in [-0.15, -0.1) is 0 Å². The van der Waals surface area contributed by atoms with Gasteiger partial charge in [-0.25, -0.2) is 0 Å². The van der Waals surface area contributed by atoms with E-state index in [1.807, 2.05) is 6.07 Å². The Balaban J connectivity index is 1.85. The number of ether oxygens (including phenoxy) is 2. The molecule has 1 fully saturated rings. The Morgan fingerprint density at radius 2 is 1.88 bits per heavy atom. The molecule has 0 aromatic heterocycles. The lowest BCUT2D eigenvalue weighted by Gasteiger charge is -2.22. The van der Waals surface area contributed by atoms with E-state index in [-0.39, 0.29) is 11.9 Å². The van der Waals surface area contributed by atoms with Crippen LogP contribution in [0, 0.1) is 0 Å². The number of rotatable bonds is 7. The second-order valence-electron chi connectivity index (χ2n) is 6.57. The highest BCUT2D eigenvalue weighted by atomic mass is 16.5. The van der Waals surface area contributed by atoms with Crippen molar-refractivity contribution in [2.75, 3.05) is 19.5 Å². The number of anilines is 1. The van der Waals surface area contributed by atoms with Gasteiger partial charge >= 0.3 is 0 Å². The molecule has 5 heteroatoms. The number of carbonyl (C=O) groups is 1. The van der Waals surface area contributed by atoms with Gasteiger partial charge in [0.2, 0.25) is 5.91 Å². The molecule has 1 aromatic carbocycles. The highest BCUT2D eigenvalue weighted by Gasteiger charge is 2.17. The Hall–Kier alpha value is -1.75. The Morgan fingerprint density at radius 1 is 1.17 bits per heavy atom. The summed E-state index contributed by atoms with van der Waals surface area (Å²) in [5.74, 6) is 1.30. The van der Waals surface area contributed by atoms with E-state index in [2.05, 4.69) is 17.6 Å². The lowest BCUT2D eigenvalue weighted by atomic mass is 10.1. The number of amides is 1. The number of hydrogen-bond donors (Lipinski definition) is 2. The first-order valence-corrected chi connectivity index (χ1v) is 8.90. The van der Waals surface area contributed by atoms with Gasteiger partial charge in [0.1, 0.15) is 11.5 Å². The molecule has 2 rings (SSSR count). The molecule has 24 heavy (non-hydrogen) atoms. The minimum absolute atomic E-state index is 0.00733. The van der Waals surface area contributed by atoms with Crippen LogP contribution in [0.5, 0.6) is 11.5 Å². The minimum atomic E-state index is -0.00733. The molecule has 0 spiro atoms. The van der Waals surface area contributed by atoms with Gasteiger partial charge in [0.15, 0.2) is 0 Å². The van der Waals surface area contributed by atoms with Gasteiger partial charge in [-0.1, -0.05) is 25.7 Å². The summed E-state index contributed by atoms with van der Waals surface area (Å²) in [7, 11) is 3.19. The summed E-state index contributed by atoms with van der Waals surface area (Å²) in [4.78, 5) is 12.3. The third kappa shape index (κ3) is 5.71. The number of methoxy groups -OCH3 is 2.